The van der Waals surface area contributed by atoms with Crippen LogP contribution in [0, 0.1) is 0 Å². The molecule has 64 valence electrons. The van der Waals surface area contributed by atoms with Crippen molar-refractivity contribution in [2.24, 2.45) is 0 Å². The van der Waals surface area contributed by atoms with Crippen molar-refractivity contribution in [2.45, 2.75) is 25.8 Å². The second kappa shape index (κ2) is 3.72. The van der Waals surface area contributed by atoms with E-state index in [1.807, 2.05) is 6.92 Å². The van der Waals surface area contributed by atoms with Crippen molar-refractivity contribution in [3.8, 4) is 0 Å². The number of methoxy groups -OCH3 is 1. The summed E-state index contributed by atoms with van der Waals surface area (Å²) in [5.74, 6) is -0.119. The Morgan fingerprint density at radius 1 is 1.45 bits per heavy atom. The monoisotopic (exact) mass is 157 g/mol. The largest absolute Gasteiger partial charge is 0.468 e. The summed E-state index contributed by atoms with van der Waals surface area (Å²) in [5, 5.41) is 0. The van der Waals surface area contributed by atoms with Gasteiger partial charge in [0.1, 0.15) is 6.04 Å². The molecule has 0 aliphatic carbocycles. The van der Waals surface area contributed by atoms with E-state index < -0.39 is 0 Å². The Kier molecular flexibility index (Phi) is 2.88. The summed E-state index contributed by atoms with van der Waals surface area (Å²) in [6, 6.07) is -0.0532. The highest BCUT2D eigenvalue weighted by Crippen LogP contribution is 2.11. The lowest BCUT2D eigenvalue weighted by Crippen LogP contribution is -2.37. The molecule has 0 aromatic carbocycles. The van der Waals surface area contributed by atoms with Gasteiger partial charge in [-0.15, -0.1) is 0 Å². The number of carbonyl (C=O) groups excluding carboxylic acids is 1. The second-order valence-corrected chi connectivity index (χ2v) is 2.94. The van der Waals surface area contributed by atoms with Crippen molar-refractivity contribution < 1.29 is 9.53 Å². The fourth-order valence-electron chi connectivity index (χ4n) is 1.45. The van der Waals surface area contributed by atoms with Crippen LogP contribution in [0.3, 0.4) is 0 Å². The molecule has 0 N–H and O–H groups in total. The molecule has 0 amide bonds. The Hall–Kier alpha value is -0.570. The lowest BCUT2D eigenvalue weighted by atomic mass is 10.3. The van der Waals surface area contributed by atoms with Gasteiger partial charge in [0, 0.05) is 0 Å². The number of carbonyl (C=O) groups is 1. The molecule has 11 heavy (non-hydrogen) atoms. The van der Waals surface area contributed by atoms with Crippen molar-refractivity contribution in [1.82, 2.24) is 4.90 Å². The zero-order chi connectivity index (χ0) is 8.27. The normalized spacial score (nSPS) is 21.6. The minimum atomic E-state index is -0.119. The fourth-order valence-corrected chi connectivity index (χ4v) is 1.45. The van der Waals surface area contributed by atoms with Crippen LogP contribution < -0.4 is 0 Å². The molecule has 1 rings (SSSR count). The summed E-state index contributed by atoms with van der Waals surface area (Å²) in [4.78, 5) is 13.2. The third kappa shape index (κ3) is 1.93. The maximum atomic E-state index is 11.0. The maximum Gasteiger partial charge on any atom is 0.322 e. The van der Waals surface area contributed by atoms with Gasteiger partial charge < -0.3 is 4.74 Å². The summed E-state index contributed by atoms with van der Waals surface area (Å²) in [6.45, 7) is 3.98. The molecule has 1 atom stereocenters. The van der Waals surface area contributed by atoms with Crippen molar-refractivity contribution in [1.29, 1.82) is 0 Å². The summed E-state index contributed by atoms with van der Waals surface area (Å²) in [6.07, 6.45) is 2.42. The standard InChI is InChI=1S/C8H15NO2/c1-7(8(10)11-2)9-5-3-4-6-9/h7H,3-6H2,1-2H3/t7-/m1/s1. The highest BCUT2D eigenvalue weighted by molar-refractivity contribution is 5.75. The van der Waals surface area contributed by atoms with E-state index in [2.05, 4.69) is 9.64 Å². The highest BCUT2D eigenvalue weighted by atomic mass is 16.5. The highest BCUT2D eigenvalue weighted by Gasteiger charge is 2.23. The molecule has 3 heteroatoms. The van der Waals surface area contributed by atoms with E-state index >= 15 is 0 Å². The van der Waals surface area contributed by atoms with E-state index in [0.29, 0.717) is 0 Å². The zero-order valence-corrected chi connectivity index (χ0v) is 7.17. The lowest BCUT2D eigenvalue weighted by molar-refractivity contribution is -0.145. The maximum absolute atomic E-state index is 11.0. The van der Waals surface area contributed by atoms with E-state index in [9.17, 15) is 4.79 Å². The Balaban J connectivity index is 2.39. The molecule has 0 radical (unpaired) electrons. The van der Waals surface area contributed by atoms with E-state index in [4.69, 9.17) is 0 Å². The molecule has 1 fully saturated rings. The number of hydrogen-bond donors (Lipinski definition) is 0. The third-order valence-corrected chi connectivity index (χ3v) is 2.23. The minimum Gasteiger partial charge on any atom is -0.468 e. The molecule has 1 saturated heterocycles. The third-order valence-electron chi connectivity index (χ3n) is 2.23. The van der Waals surface area contributed by atoms with Gasteiger partial charge in [0.2, 0.25) is 0 Å². The zero-order valence-electron chi connectivity index (χ0n) is 7.17. The number of ether oxygens (including phenoxy) is 1. The van der Waals surface area contributed by atoms with Gasteiger partial charge in [0.05, 0.1) is 7.11 Å². The topological polar surface area (TPSA) is 29.5 Å². The smallest absolute Gasteiger partial charge is 0.322 e. The number of rotatable bonds is 2. The molecule has 0 aromatic rings. The Morgan fingerprint density at radius 2 is 2.00 bits per heavy atom. The predicted octanol–water partition coefficient (Wildman–Crippen LogP) is 0.644. The van der Waals surface area contributed by atoms with Crippen LogP contribution in [0.15, 0.2) is 0 Å². The van der Waals surface area contributed by atoms with Crippen LogP contribution in [0.5, 0.6) is 0 Å². The van der Waals surface area contributed by atoms with Crippen molar-refractivity contribution in [2.75, 3.05) is 20.2 Å². The molecular weight excluding hydrogens is 142 g/mol. The molecule has 3 nitrogen and oxygen atoms in total. The van der Waals surface area contributed by atoms with E-state index in [-0.39, 0.29) is 12.0 Å². The van der Waals surface area contributed by atoms with E-state index in [0.717, 1.165) is 13.1 Å². The number of nitrogens with zero attached hydrogens (tertiary/aromatic N) is 1. The SMILES string of the molecule is COC(=O)[C@@H](C)N1CCCC1. The van der Waals surface area contributed by atoms with Gasteiger partial charge in [-0.25, -0.2) is 0 Å². The molecule has 1 aliphatic heterocycles. The van der Waals surface area contributed by atoms with Gasteiger partial charge in [0.25, 0.3) is 0 Å². The molecule has 1 heterocycles. The predicted molar refractivity (Wildman–Crippen MR) is 42.3 cm³/mol. The summed E-state index contributed by atoms with van der Waals surface area (Å²) >= 11 is 0. The van der Waals surface area contributed by atoms with Crippen LogP contribution >= 0.6 is 0 Å². The van der Waals surface area contributed by atoms with Gasteiger partial charge in [-0.2, -0.15) is 0 Å². The number of hydrogen-bond acceptors (Lipinski definition) is 3. The molecule has 0 aromatic heterocycles. The fraction of sp³-hybridized carbons (Fsp3) is 0.875. The quantitative estimate of drug-likeness (QED) is 0.551. The second-order valence-electron chi connectivity index (χ2n) is 2.94. The lowest BCUT2D eigenvalue weighted by Gasteiger charge is -2.20. The van der Waals surface area contributed by atoms with Crippen LogP contribution in [0.1, 0.15) is 19.8 Å². The van der Waals surface area contributed by atoms with Gasteiger partial charge >= 0.3 is 5.97 Å². The van der Waals surface area contributed by atoms with E-state index in [1.165, 1.54) is 20.0 Å². The van der Waals surface area contributed by atoms with Crippen LogP contribution in [0.2, 0.25) is 0 Å². The van der Waals surface area contributed by atoms with Crippen LogP contribution in [0.4, 0.5) is 0 Å². The first kappa shape index (κ1) is 8.53. The first-order valence-electron chi connectivity index (χ1n) is 4.07. The first-order chi connectivity index (χ1) is 5.25. The van der Waals surface area contributed by atoms with Crippen molar-refractivity contribution in [3.63, 3.8) is 0 Å². The minimum absolute atomic E-state index is 0.0532. The average molecular weight is 157 g/mol. The Morgan fingerprint density at radius 3 is 2.45 bits per heavy atom. The summed E-state index contributed by atoms with van der Waals surface area (Å²) in [7, 11) is 1.44. The van der Waals surface area contributed by atoms with Gasteiger partial charge in [-0.1, -0.05) is 0 Å². The van der Waals surface area contributed by atoms with Crippen LogP contribution in [0.25, 0.3) is 0 Å². The molecule has 0 bridgehead atoms. The molecule has 0 spiro atoms. The Labute approximate surface area is 67.3 Å². The van der Waals surface area contributed by atoms with Gasteiger partial charge in [0.15, 0.2) is 0 Å². The van der Waals surface area contributed by atoms with Crippen LogP contribution in [-0.2, 0) is 9.53 Å². The van der Waals surface area contributed by atoms with Crippen LogP contribution in [-0.4, -0.2) is 37.1 Å². The van der Waals surface area contributed by atoms with Crippen molar-refractivity contribution in [3.05, 3.63) is 0 Å². The molecule has 1 aliphatic rings. The average Bonchev–Trinajstić information content (AvgIpc) is 2.53. The first-order valence-corrected chi connectivity index (χ1v) is 4.07. The number of esters is 1. The number of likely N-dealkylation sites (tertiary alicyclic amines) is 1. The van der Waals surface area contributed by atoms with Gasteiger partial charge in [-0.05, 0) is 32.9 Å². The molecule has 0 saturated carbocycles. The van der Waals surface area contributed by atoms with Gasteiger partial charge in [-0.3, -0.25) is 9.69 Å². The summed E-state index contributed by atoms with van der Waals surface area (Å²) in [5.41, 5.74) is 0. The molecular formula is C8H15NO2. The van der Waals surface area contributed by atoms with E-state index in [1.54, 1.807) is 0 Å². The Bertz CT molecular complexity index is 141. The summed E-state index contributed by atoms with van der Waals surface area (Å²) < 4.78 is 4.64. The molecule has 0 unspecified atom stereocenters. The van der Waals surface area contributed by atoms with Crippen molar-refractivity contribution >= 4 is 5.97 Å².